The summed E-state index contributed by atoms with van der Waals surface area (Å²) in [7, 11) is 0. The molecule has 1 saturated carbocycles. The van der Waals surface area contributed by atoms with Gasteiger partial charge in [0.1, 0.15) is 0 Å². The molecule has 0 radical (unpaired) electrons. The fourth-order valence-electron chi connectivity index (χ4n) is 2.75. The van der Waals surface area contributed by atoms with Crippen LogP contribution in [0.25, 0.3) is 0 Å². The second-order valence-corrected chi connectivity index (χ2v) is 6.18. The molecule has 0 aliphatic heterocycles. The molecule has 1 fully saturated rings. The first-order chi connectivity index (χ1) is 7.61. The lowest BCUT2D eigenvalue weighted by Crippen LogP contribution is -2.33. The minimum Gasteiger partial charge on any atom is -0.314 e. The van der Waals surface area contributed by atoms with E-state index in [0.29, 0.717) is 6.04 Å². The van der Waals surface area contributed by atoms with Gasteiger partial charge in [-0.2, -0.15) is 0 Å². The van der Waals surface area contributed by atoms with E-state index in [-0.39, 0.29) is 0 Å². The topological polar surface area (TPSA) is 12.0 Å². The molecule has 1 aliphatic carbocycles. The lowest BCUT2D eigenvalue weighted by Gasteiger charge is -2.28. The van der Waals surface area contributed by atoms with Crippen molar-refractivity contribution in [1.82, 2.24) is 5.32 Å². The Hall–Kier alpha value is -0.0400. The second-order valence-electron chi connectivity index (χ2n) is 6.18. The molecule has 0 heterocycles. The Bertz CT molecular complexity index is 170. The van der Waals surface area contributed by atoms with Gasteiger partial charge in [0, 0.05) is 6.04 Å². The minimum atomic E-state index is 0.703. The highest BCUT2D eigenvalue weighted by molar-refractivity contribution is 4.74. The summed E-state index contributed by atoms with van der Waals surface area (Å²) in [6, 6.07) is 0.703. The van der Waals surface area contributed by atoms with Gasteiger partial charge in [-0.3, -0.25) is 0 Å². The fourth-order valence-corrected chi connectivity index (χ4v) is 2.75. The van der Waals surface area contributed by atoms with Crippen LogP contribution < -0.4 is 5.32 Å². The van der Waals surface area contributed by atoms with Crippen molar-refractivity contribution in [3.05, 3.63) is 0 Å². The standard InChI is InChI=1S/C15H31N/c1-5-12(2)10-14(4)16-11-15-8-6-13(3)7-9-15/h12-16H,5-11H2,1-4H3. The van der Waals surface area contributed by atoms with Gasteiger partial charge in [0.25, 0.3) is 0 Å². The van der Waals surface area contributed by atoms with Crippen LogP contribution in [0.15, 0.2) is 0 Å². The normalized spacial score (nSPS) is 30.0. The van der Waals surface area contributed by atoms with Crippen molar-refractivity contribution in [2.75, 3.05) is 6.54 Å². The number of hydrogen-bond acceptors (Lipinski definition) is 1. The molecule has 1 rings (SSSR count). The highest BCUT2D eigenvalue weighted by Gasteiger charge is 2.18. The first-order valence-corrected chi connectivity index (χ1v) is 7.35. The van der Waals surface area contributed by atoms with Gasteiger partial charge in [0.15, 0.2) is 0 Å². The zero-order chi connectivity index (χ0) is 12.0. The summed E-state index contributed by atoms with van der Waals surface area (Å²) in [5, 5.41) is 3.73. The molecule has 2 atom stereocenters. The van der Waals surface area contributed by atoms with Crippen molar-refractivity contribution in [3.8, 4) is 0 Å². The van der Waals surface area contributed by atoms with E-state index in [9.17, 15) is 0 Å². The maximum atomic E-state index is 3.73. The van der Waals surface area contributed by atoms with Crippen molar-refractivity contribution >= 4 is 0 Å². The SMILES string of the molecule is CCC(C)CC(C)NCC1CCC(C)CC1. The third kappa shape index (κ3) is 5.34. The van der Waals surface area contributed by atoms with Crippen molar-refractivity contribution in [1.29, 1.82) is 0 Å². The summed E-state index contributed by atoms with van der Waals surface area (Å²) >= 11 is 0. The van der Waals surface area contributed by atoms with E-state index in [4.69, 9.17) is 0 Å². The Labute approximate surface area is 102 Å². The van der Waals surface area contributed by atoms with E-state index in [1.165, 1.54) is 45.1 Å². The van der Waals surface area contributed by atoms with Crippen LogP contribution >= 0.6 is 0 Å². The summed E-state index contributed by atoms with van der Waals surface area (Å²) in [4.78, 5) is 0. The van der Waals surface area contributed by atoms with E-state index < -0.39 is 0 Å². The molecule has 0 amide bonds. The monoisotopic (exact) mass is 225 g/mol. The fraction of sp³-hybridized carbons (Fsp3) is 1.00. The van der Waals surface area contributed by atoms with Gasteiger partial charge in [0.2, 0.25) is 0 Å². The third-order valence-electron chi connectivity index (χ3n) is 4.34. The van der Waals surface area contributed by atoms with E-state index in [1.54, 1.807) is 0 Å². The Morgan fingerprint density at radius 2 is 1.75 bits per heavy atom. The highest BCUT2D eigenvalue weighted by atomic mass is 14.9. The van der Waals surface area contributed by atoms with Gasteiger partial charge in [-0.05, 0) is 50.5 Å². The first kappa shape index (κ1) is 14.0. The third-order valence-corrected chi connectivity index (χ3v) is 4.34. The highest BCUT2D eigenvalue weighted by Crippen LogP contribution is 2.27. The predicted octanol–water partition coefficient (Wildman–Crippen LogP) is 4.23. The van der Waals surface area contributed by atoms with Gasteiger partial charge < -0.3 is 5.32 Å². The van der Waals surface area contributed by atoms with E-state index in [1.807, 2.05) is 0 Å². The molecule has 1 nitrogen and oxygen atoms in total. The molecule has 0 aromatic heterocycles. The summed E-state index contributed by atoms with van der Waals surface area (Å²) in [5.41, 5.74) is 0. The van der Waals surface area contributed by atoms with Crippen molar-refractivity contribution in [3.63, 3.8) is 0 Å². The van der Waals surface area contributed by atoms with Crippen LogP contribution in [0.4, 0.5) is 0 Å². The summed E-state index contributed by atoms with van der Waals surface area (Å²) in [6.07, 6.45) is 8.44. The lowest BCUT2D eigenvalue weighted by molar-refractivity contribution is 0.270. The van der Waals surface area contributed by atoms with Crippen LogP contribution in [-0.4, -0.2) is 12.6 Å². The van der Waals surface area contributed by atoms with Gasteiger partial charge in [-0.1, -0.05) is 40.0 Å². The van der Waals surface area contributed by atoms with Crippen molar-refractivity contribution < 1.29 is 0 Å². The van der Waals surface area contributed by atoms with Gasteiger partial charge >= 0.3 is 0 Å². The van der Waals surface area contributed by atoms with Gasteiger partial charge in [-0.15, -0.1) is 0 Å². The van der Waals surface area contributed by atoms with Crippen LogP contribution in [0.3, 0.4) is 0 Å². The number of nitrogens with one attached hydrogen (secondary N) is 1. The molecule has 1 aliphatic rings. The predicted molar refractivity (Wildman–Crippen MR) is 72.7 cm³/mol. The Morgan fingerprint density at radius 3 is 2.31 bits per heavy atom. The molecule has 2 unspecified atom stereocenters. The summed E-state index contributed by atoms with van der Waals surface area (Å²) in [5.74, 6) is 2.80. The van der Waals surface area contributed by atoms with Crippen molar-refractivity contribution in [2.24, 2.45) is 17.8 Å². The zero-order valence-electron chi connectivity index (χ0n) is 11.8. The summed E-state index contributed by atoms with van der Waals surface area (Å²) in [6.45, 7) is 10.7. The van der Waals surface area contributed by atoms with Gasteiger partial charge in [-0.25, -0.2) is 0 Å². The second kappa shape index (κ2) is 7.32. The van der Waals surface area contributed by atoms with Crippen LogP contribution in [0, 0.1) is 17.8 Å². The van der Waals surface area contributed by atoms with E-state index >= 15 is 0 Å². The maximum absolute atomic E-state index is 3.73. The largest absolute Gasteiger partial charge is 0.314 e. The van der Waals surface area contributed by atoms with E-state index in [2.05, 4.69) is 33.0 Å². The molecule has 0 spiro atoms. The first-order valence-electron chi connectivity index (χ1n) is 7.35. The molecule has 0 aromatic carbocycles. The van der Waals surface area contributed by atoms with Crippen LogP contribution in [0.5, 0.6) is 0 Å². The lowest BCUT2D eigenvalue weighted by atomic mass is 9.83. The van der Waals surface area contributed by atoms with Crippen molar-refractivity contribution in [2.45, 2.75) is 72.3 Å². The molecule has 16 heavy (non-hydrogen) atoms. The van der Waals surface area contributed by atoms with Crippen LogP contribution in [0.2, 0.25) is 0 Å². The number of rotatable bonds is 6. The molecular formula is C15H31N. The van der Waals surface area contributed by atoms with Crippen LogP contribution in [0.1, 0.15) is 66.2 Å². The molecule has 96 valence electrons. The molecule has 1 heteroatoms. The smallest absolute Gasteiger partial charge is 0.00413 e. The molecule has 0 aromatic rings. The molecule has 0 bridgehead atoms. The number of hydrogen-bond donors (Lipinski definition) is 1. The maximum Gasteiger partial charge on any atom is 0.00413 e. The van der Waals surface area contributed by atoms with Crippen LogP contribution in [-0.2, 0) is 0 Å². The molecular weight excluding hydrogens is 194 g/mol. The zero-order valence-corrected chi connectivity index (χ0v) is 11.8. The summed E-state index contributed by atoms with van der Waals surface area (Å²) < 4.78 is 0. The Kier molecular flexibility index (Phi) is 6.41. The Balaban J connectivity index is 2.09. The molecule has 1 N–H and O–H groups in total. The molecule has 0 saturated heterocycles. The van der Waals surface area contributed by atoms with Gasteiger partial charge in [0.05, 0.1) is 0 Å². The van der Waals surface area contributed by atoms with E-state index in [0.717, 1.165) is 17.8 Å². The Morgan fingerprint density at radius 1 is 1.12 bits per heavy atom. The minimum absolute atomic E-state index is 0.703. The quantitative estimate of drug-likeness (QED) is 0.713. The average Bonchev–Trinajstić information content (AvgIpc) is 2.28. The average molecular weight is 225 g/mol.